The number of benzene rings is 1. The zero-order valence-electron chi connectivity index (χ0n) is 8.95. The lowest BCUT2D eigenvalue weighted by Crippen LogP contribution is -2.00. The van der Waals surface area contributed by atoms with E-state index in [0.717, 1.165) is 5.69 Å². The Labute approximate surface area is 101 Å². The minimum atomic E-state index is 0.327. The van der Waals surface area contributed by atoms with E-state index in [0.29, 0.717) is 11.3 Å². The maximum absolute atomic E-state index is 4.39. The lowest BCUT2D eigenvalue weighted by molar-refractivity contribution is 0.868. The second-order valence-corrected chi connectivity index (χ2v) is 5.15. The molecule has 0 fully saturated rings. The molecule has 2 rings (SSSR count). The van der Waals surface area contributed by atoms with Gasteiger partial charge in [0, 0.05) is 23.2 Å². The van der Waals surface area contributed by atoms with E-state index in [1.807, 2.05) is 24.4 Å². The Hall–Kier alpha value is -0.770. The fourth-order valence-corrected chi connectivity index (χ4v) is 2.48. The van der Waals surface area contributed by atoms with Crippen molar-refractivity contribution in [2.45, 2.75) is 11.3 Å². The topological polar surface area (TPSA) is 12.9 Å². The van der Waals surface area contributed by atoms with Gasteiger partial charge in [-0.05, 0) is 17.7 Å². The van der Waals surface area contributed by atoms with Gasteiger partial charge in [-0.1, -0.05) is 36.4 Å². The normalized spacial score (nSPS) is 14.4. The molecule has 0 saturated heterocycles. The molecule has 82 valence electrons. The Balaban J connectivity index is 2.20. The molecule has 2 aromatic rings. The van der Waals surface area contributed by atoms with Crippen molar-refractivity contribution in [3.8, 4) is 0 Å². The summed E-state index contributed by atoms with van der Waals surface area (Å²) in [4.78, 5) is 4.39. The number of nitrogens with zero attached hydrogens (tertiary/aromatic N) is 1. The van der Waals surface area contributed by atoms with Crippen LogP contribution in [0, 0.1) is 0 Å². The van der Waals surface area contributed by atoms with Gasteiger partial charge in [0.25, 0.3) is 0 Å². The highest BCUT2D eigenvalue weighted by molar-refractivity contribution is 7.22. The van der Waals surface area contributed by atoms with Crippen molar-refractivity contribution in [2.75, 3.05) is 0 Å². The first kappa shape index (κ1) is 11.7. The summed E-state index contributed by atoms with van der Waals surface area (Å²) in [5, 5.41) is 0. The van der Waals surface area contributed by atoms with Crippen LogP contribution in [0.15, 0.2) is 54.7 Å². The summed E-state index contributed by atoms with van der Waals surface area (Å²) < 4.78 is 0. The summed E-state index contributed by atoms with van der Waals surface area (Å²) >= 11 is 0. The van der Waals surface area contributed by atoms with E-state index < -0.39 is 0 Å². The summed E-state index contributed by atoms with van der Waals surface area (Å²) in [7, 11) is 5.78. The van der Waals surface area contributed by atoms with Crippen molar-refractivity contribution < 1.29 is 0 Å². The van der Waals surface area contributed by atoms with Crippen molar-refractivity contribution in [3.63, 3.8) is 0 Å². The zero-order chi connectivity index (χ0) is 11.4. The largest absolute Gasteiger partial charge is 0.261 e. The second-order valence-electron chi connectivity index (χ2n) is 3.72. The van der Waals surface area contributed by atoms with Crippen molar-refractivity contribution in [1.82, 2.24) is 4.98 Å². The van der Waals surface area contributed by atoms with E-state index >= 15 is 0 Å². The maximum atomic E-state index is 4.39. The molecular weight excluding hydrogens is 232 g/mol. The molecule has 1 heterocycles. The van der Waals surface area contributed by atoms with Crippen molar-refractivity contribution >= 4 is 18.5 Å². The van der Waals surface area contributed by atoms with Gasteiger partial charge in [-0.2, -0.15) is 0 Å². The molecule has 0 bridgehead atoms. The molecule has 0 N–H and O–H groups in total. The molecule has 0 spiro atoms. The molecule has 0 saturated carbocycles. The molecule has 0 radical (unpaired) electrons. The van der Waals surface area contributed by atoms with Crippen LogP contribution >= 0.6 is 18.5 Å². The average molecular weight is 247 g/mol. The Morgan fingerprint density at radius 1 is 0.812 bits per heavy atom. The summed E-state index contributed by atoms with van der Waals surface area (Å²) in [5.74, 6) is 0. The molecular formula is C13H15NP2. The smallest absolute Gasteiger partial charge is 0.0481 e. The van der Waals surface area contributed by atoms with Crippen LogP contribution in [0.3, 0.4) is 0 Å². The monoisotopic (exact) mass is 247 g/mol. The molecule has 0 aliphatic heterocycles. The molecule has 3 heteroatoms. The SMILES string of the molecule is P[C@@H](c1ccccc1)[C@@H](P)c1ccccn1. The van der Waals surface area contributed by atoms with E-state index in [-0.39, 0.29) is 0 Å². The van der Waals surface area contributed by atoms with Crippen molar-refractivity contribution in [1.29, 1.82) is 0 Å². The van der Waals surface area contributed by atoms with E-state index in [1.54, 1.807) is 0 Å². The van der Waals surface area contributed by atoms with E-state index in [9.17, 15) is 0 Å². The van der Waals surface area contributed by atoms with Gasteiger partial charge >= 0.3 is 0 Å². The Bertz CT molecular complexity index is 387. The van der Waals surface area contributed by atoms with Crippen LogP contribution in [0.2, 0.25) is 0 Å². The highest BCUT2D eigenvalue weighted by atomic mass is 31.0. The quantitative estimate of drug-likeness (QED) is 0.755. The lowest BCUT2D eigenvalue weighted by Gasteiger charge is -2.19. The maximum Gasteiger partial charge on any atom is 0.0481 e. The molecule has 2 unspecified atom stereocenters. The number of hydrogen-bond acceptors (Lipinski definition) is 1. The Morgan fingerprint density at radius 2 is 1.50 bits per heavy atom. The highest BCUT2D eigenvalue weighted by Crippen LogP contribution is 2.41. The van der Waals surface area contributed by atoms with Crippen LogP contribution < -0.4 is 0 Å². The fourth-order valence-electron chi connectivity index (χ4n) is 1.64. The van der Waals surface area contributed by atoms with Crippen molar-refractivity contribution in [2.24, 2.45) is 0 Å². The number of pyridine rings is 1. The molecule has 16 heavy (non-hydrogen) atoms. The van der Waals surface area contributed by atoms with Crippen LogP contribution in [0.4, 0.5) is 0 Å². The van der Waals surface area contributed by atoms with Gasteiger partial charge in [-0.3, -0.25) is 4.98 Å². The Kier molecular flexibility index (Phi) is 4.04. The summed E-state index contributed by atoms with van der Waals surface area (Å²) in [5.41, 5.74) is 3.13. The molecule has 0 aliphatic rings. The van der Waals surface area contributed by atoms with Gasteiger partial charge in [0.05, 0.1) is 0 Å². The predicted octanol–water partition coefficient (Wildman–Crippen LogP) is 3.61. The molecule has 1 aromatic heterocycles. The minimum absolute atomic E-state index is 0.327. The van der Waals surface area contributed by atoms with Crippen LogP contribution in [-0.2, 0) is 0 Å². The van der Waals surface area contributed by atoms with Gasteiger partial charge in [0.1, 0.15) is 0 Å². The first-order valence-electron chi connectivity index (χ1n) is 5.26. The summed E-state index contributed by atoms with van der Waals surface area (Å²) in [6.07, 6.45) is 1.84. The van der Waals surface area contributed by atoms with Gasteiger partial charge < -0.3 is 0 Å². The zero-order valence-corrected chi connectivity index (χ0v) is 11.3. The third-order valence-electron chi connectivity index (χ3n) is 2.60. The van der Waals surface area contributed by atoms with Gasteiger partial charge in [0.15, 0.2) is 0 Å². The third-order valence-corrected chi connectivity index (χ3v) is 4.60. The number of hydrogen-bond donors (Lipinski definition) is 0. The van der Waals surface area contributed by atoms with Crippen molar-refractivity contribution in [3.05, 3.63) is 66.0 Å². The van der Waals surface area contributed by atoms with Crippen LogP contribution in [0.25, 0.3) is 0 Å². The van der Waals surface area contributed by atoms with Gasteiger partial charge in [-0.15, -0.1) is 18.5 Å². The van der Waals surface area contributed by atoms with Crippen LogP contribution in [0.1, 0.15) is 22.6 Å². The molecule has 1 aromatic carbocycles. The first-order valence-corrected chi connectivity index (χ1v) is 6.59. The second kappa shape index (κ2) is 5.53. The average Bonchev–Trinajstić information content (AvgIpc) is 2.39. The summed E-state index contributed by atoms with van der Waals surface area (Å²) in [6, 6.07) is 16.5. The Morgan fingerprint density at radius 3 is 2.12 bits per heavy atom. The highest BCUT2D eigenvalue weighted by Gasteiger charge is 2.16. The van der Waals surface area contributed by atoms with Crippen LogP contribution in [0.5, 0.6) is 0 Å². The standard InChI is InChI=1S/C13H15NP2/c15-12(10-6-2-1-3-7-10)13(16)11-8-4-5-9-14-11/h1-9,12-13H,15-16H2/t12-,13-/m0/s1. The van der Waals surface area contributed by atoms with Crippen LogP contribution in [-0.4, -0.2) is 4.98 Å². The van der Waals surface area contributed by atoms with E-state index in [2.05, 4.69) is 53.8 Å². The van der Waals surface area contributed by atoms with E-state index in [4.69, 9.17) is 0 Å². The molecule has 0 aliphatic carbocycles. The van der Waals surface area contributed by atoms with E-state index in [1.165, 1.54) is 5.56 Å². The summed E-state index contributed by atoms with van der Waals surface area (Å²) in [6.45, 7) is 0. The molecule has 0 amide bonds. The number of aromatic nitrogens is 1. The fraction of sp³-hybridized carbons (Fsp3) is 0.154. The van der Waals surface area contributed by atoms with Gasteiger partial charge in [0.2, 0.25) is 0 Å². The molecule has 4 atom stereocenters. The minimum Gasteiger partial charge on any atom is -0.261 e. The number of rotatable bonds is 3. The first-order chi connectivity index (χ1) is 7.79. The van der Waals surface area contributed by atoms with Gasteiger partial charge in [-0.25, -0.2) is 0 Å². The third kappa shape index (κ3) is 2.67. The molecule has 1 nitrogen and oxygen atoms in total. The lowest BCUT2D eigenvalue weighted by atomic mass is 10.1. The predicted molar refractivity (Wildman–Crippen MR) is 75.6 cm³/mol.